The molecule has 88 valence electrons. The molecule has 3 rings (SSSR count). The molecule has 1 nitrogen and oxygen atoms in total. The van der Waals surface area contributed by atoms with Gasteiger partial charge < -0.3 is 0 Å². The molecule has 0 fully saturated rings. The standard InChI is InChI=1S/C15H10INS/c16-12-6-7-13(17-10-12)15-9-8-14(18-15)11-4-2-1-3-5-11/h1-10H. The minimum absolute atomic E-state index is 1.04. The van der Waals surface area contributed by atoms with Crippen molar-refractivity contribution in [1.82, 2.24) is 4.98 Å². The first kappa shape index (κ1) is 11.9. The van der Waals surface area contributed by atoms with E-state index in [0.717, 1.165) is 9.26 Å². The molecule has 0 saturated carbocycles. The van der Waals surface area contributed by atoms with Gasteiger partial charge in [-0.1, -0.05) is 30.3 Å². The largest absolute Gasteiger partial charge is 0.254 e. The van der Waals surface area contributed by atoms with Crippen molar-refractivity contribution in [1.29, 1.82) is 0 Å². The molecule has 0 aliphatic rings. The lowest BCUT2D eigenvalue weighted by Crippen LogP contribution is -1.79. The number of nitrogens with zero attached hydrogens (tertiary/aromatic N) is 1. The highest BCUT2D eigenvalue weighted by atomic mass is 127. The molecule has 0 unspecified atom stereocenters. The van der Waals surface area contributed by atoms with E-state index in [0.29, 0.717) is 0 Å². The summed E-state index contributed by atoms with van der Waals surface area (Å²) in [5.41, 5.74) is 2.31. The minimum Gasteiger partial charge on any atom is -0.254 e. The Morgan fingerprint density at radius 1 is 0.833 bits per heavy atom. The molecule has 0 spiro atoms. The Kier molecular flexibility index (Phi) is 3.43. The highest BCUT2D eigenvalue weighted by molar-refractivity contribution is 14.1. The van der Waals surface area contributed by atoms with Crippen LogP contribution < -0.4 is 0 Å². The van der Waals surface area contributed by atoms with Gasteiger partial charge in [-0.15, -0.1) is 11.3 Å². The normalized spacial score (nSPS) is 10.5. The van der Waals surface area contributed by atoms with Crippen LogP contribution in [0.1, 0.15) is 0 Å². The maximum Gasteiger partial charge on any atom is 0.0802 e. The second-order valence-electron chi connectivity index (χ2n) is 3.89. The first-order valence-electron chi connectivity index (χ1n) is 5.60. The van der Waals surface area contributed by atoms with E-state index < -0.39 is 0 Å². The average molecular weight is 363 g/mol. The smallest absolute Gasteiger partial charge is 0.0802 e. The van der Waals surface area contributed by atoms with Crippen LogP contribution in [-0.2, 0) is 0 Å². The summed E-state index contributed by atoms with van der Waals surface area (Å²) in [6.07, 6.45) is 1.90. The number of pyridine rings is 1. The van der Waals surface area contributed by atoms with Crippen molar-refractivity contribution in [2.75, 3.05) is 0 Å². The number of hydrogen-bond acceptors (Lipinski definition) is 2. The Morgan fingerprint density at radius 3 is 2.33 bits per heavy atom. The van der Waals surface area contributed by atoms with E-state index in [1.165, 1.54) is 15.3 Å². The van der Waals surface area contributed by atoms with Crippen molar-refractivity contribution in [3.63, 3.8) is 0 Å². The number of thiophene rings is 1. The van der Waals surface area contributed by atoms with E-state index in [1.54, 1.807) is 11.3 Å². The summed E-state index contributed by atoms with van der Waals surface area (Å²) in [6, 6.07) is 18.9. The third kappa shape index (κ3) is 2.47. The molecule has 0 radical (unpaired) electrons. The third-order valence-corrected chi connectivity index (χ3v) is 4.44. The molecule has 3 heteroatoms. The van der Waals surface area contributed by atoms with E-state index in [4.69, 9.17) is 0 Å². The number of benzene rings is 1. The van der Waals surface area contributed by atoms with Crippen LogP contribution in [0.2, 0.25) is 0 Å². The number of halogens is 1. The van der Waals surface area contributed by atoms with Gasteiger partial charge in [-0.25, -0.2) is 0 Å². The summed E-state index contributed by atoms with van der Waals surface area (Å²) in [7, 11) is 0. The van der Waals surface area contributed by atoms with Gasteiger partial charge in [0.1, 0.15) is 0 Å². The van der Waals surface area contributed by atoms with Gasteiger partial charge in [-0.2, -0.15) is 0 Å². The van der Waals surface area contributed by atoms with E-state index in [1.807, 2.05) is 12.3 Å². The van der Waals surface area contributed by atoms with Crippen molar-refractivity contribution in [3.05, 3.63) is 64.4 Å². The van der Waals surface area contributed by atoms with Crippen LogP contribution >= 0.6 is 33.9 Å². The Morgan fingerprint density at radius 2 is 1.61 bits per heavy atom. The molecule has 0 bridgehead atoms. The van der Waals surface area contributed by atoms with E-state index in [9.17, 15) is 0 Å². The fourth-order valence-corrected chi connectivity index (χ4v) is 3.06. The summed E-state index contributed by atoms with van der Waals surface area (Å²) in [6.45, 7) is 0. The molecule has 0 N–H and O–H groups in total. The Balaban J connectivity index is 1.97. The highest BCUT2D eigenvalue weighted by Crippen LogP contribution is 2.33. The zero-order valence-electron chi connectivity index (χ0n) is 9.51. The van der Waals surface area contributed by atoms with Crippen molar-refractivity contribution >= 4 is 33.9 Å². The molecular formula is C15H10INS. The number of hydrogen-bond donors (Lipinski definition) is 0. The predicted octanol–water partition coefficient (Wildman–Crippen LogP) is 5.08. The summed E-state index contributed by atoms with van der Waals surface area (Å²) in [4.78, 5) is 6.95. The van der Waals surface area contributed by atoms with Gasteiger partial charge >= 0.3 is 0 Å². The van der Waals surface area contributed by atoms with Gasteiger partial charge in [-0.3, -0.25) is 4.98 Å². The fourth-order valence-electron chi connectivity index (χ4n) is 1.75. The number of rotatable bonds is 2. The van der Waals surface area contributed by atoms with E-state index >= 15 is 0 Å². The predicted molar refractivity (Wildman–Crippen MR) is 85.7 cm³/mol. The summed E-state index contributed by atoms with van der Waals surface area (Å²) in [5.74, 6) is 0. The molecule has 0 amide bonds. The van der Waals surface area contributed by atoms with Crippen molar-refractivity contribution in [3.8, 4) is 21.0 Å². The monoisotopic (exact) mass is 363 g/mol. The van der Waals surface area contributed by atoms with Crippen LogP contribution in [0.15, 0.2) is 60.8 Å². The Labute approximate surface area is 124 Å². The first-order chi connectivity index (χ1) is 8.83. The van der Waals surface area contributed by atoms with Crippen LogP contribution in [0.25, 0.3) is 21.0 Å². The molecular weight excluding hydrogens is 353 g/mol. The van der Waals surface area contributed by atoms with E-state index in [2.05, 4.69) is 76.1 Å². The minimum atomic E-state index is 1.04. The molecule has 0 aliphatic heterocycles. The van der Waals surface area contributed by atoms with Gasteiger partial charge in [0.25, 0.3) is 0 Å². The second kappa shape index (κ2) is 5.20. The van der Waals surface area contributed by atoms with Crippen LogP contribution in [0.3, 0.4) is 0 Å². The zero-order valence-corrected chi connectivity index (χ0v) is 12.5. The lowest BCUT2D eigenvalue weighted by molar-refractivity contribution is 1.32. The first-order valence-corrected chi connectivity index (χ1v) is 7.50. The fraction of sp³-hybridized carbons (Fsp3) is 0. The molecule has 1 aromatic carbocycles. The summed E-state index contributed by atoms with van der Waals surface area (Å²) in [5, 5.41) is 0. The lowest BCUT2D eigenvalue weighted by Gasteiger charge is -1.97. The van der Waals surface area contributed by atoms with Crippen LogP contribution in [0.5, 0.6) is 0 Å². The second-order valence-corrected chi connectivity index (χ2v) is 6.22. The van der Waals surface area contributed by atoms with Crippen LogP contribution in [0, 0.1) is 3.57 Å². The van der Waals surface area contributed by atoms with E-state index in [-0.39, 0.29) is 0 Å². The molecule has 2 heterocycles. The maximum absolute atomic E-state index is 4.46. The maximum atomic E-state index is 4.46. The van der Waals surface area contributed by atoms with Gasteiger partial charge in [0.05, 0.1) is 10.6 Å². The average Bonchev–Trinajstić information content (AvgIpc) is 2.90. The topological polar surface area (TPSA) is 12.9 Å². The molecule has 0 saturated heterocycles. The molecule has 0 atom stereocenters. The zero-order chi connectivity index (χ0) is 12.4. The van der Waals surface area contributed by atoms with Crippen molar-refractivity contribution < 1.29 is 0 Å². The van der Waals surface area contributed by atoms with Crippen LogP contribution in [-0.4, -0.2) is 4.98 Å². The van der Waals surface area contributed by atoms with Gasteiger partial charge in [0.15, 0.2) is 0 Å². The summed E-state index contributed by atoms with van der Waals surface area (Å²) >= 11 is 4.05. The Hall–Kier alpha value is -1.20. The quantitative estimate of drug-likeness (QED) is 0.579. The van der Waals surface area contributed by atoms with Crippen molar-refractivity contribution in [2.45, 2.75) is 0 Å². The summed E-state index contributed by atoms with van der Waals surface area (Å²) < 4.78 is 1.16. The van der Waals surface area contributed by atoms with Gasteiger partial charge in [0, 0.05) is 14.6 Å². The molecule has 0 aliphatic carbocycles. The highest BCUT2D eigenvalue weighted by Gasteiger charge is 2.05. The SMILES string of the molecule is Ic1ccc(-c2ccc(-c3ccccc3)s2)nc1. The Bertz CT molecular complexity index is 644. The van der Waals surface area contributed by atoms with Gasteiger partial charge in [-0.05, 0) is 52.4 Å². The third-order valence-electron chi connectivity index (χ3n) is 2.64. The molecule has 18 heavy (non-hydrogen) atoms. The number of aromatic nitrogens is 1. The lowest BCUT2D eigenvalue weighted by atomic mass is 10.2. The van der Waals surface area contributed by atoms with Crippen LogP contribution in [0.4, 0.5) is 0 Å². The van der Waals surface area contributed by atoms with Crippen molar-refractivity contribution in [2.24, 2.45) is 0 Å². The molecule has 2 aromatic heterocycles. The molecule has 3 aromatic rings. The van der Waals surface area contributed by atoms with Gasteiger partial charge in [0.2, 0.25) is 0 Å².